The number of nitro benzene ring substituents is 1. The molecule has 0 atom stereocenters. The zero-order valence-corrected chi connectivity index (χ0v) is 10.5. The van der Waals surface area contributed by atoms with Crippen LogP contribution in [0.2, 0.25) is 0 Å². The third-order valence-corrected chi connectivity index (χ3v) is 2.60. The lowest BCUT2D eigenvalue weighted by Crippen LogP contribution is -2.19. The summed E-state index contributed by atoms with van der Waals surface area (Å²) in [5, 5.41) is 10.5. The van der Waals surface area contributed by atoms with Crippen LogP contribution in [0.25, 0.3) is 0 Å². The number of esters is 1. The summed E-state index contributed by atoms with van der Waals surface area (Å²) < 4.78 is 4.55. The quantitative estimate of drug-likeness (QED) is 0.439. The summed E-state index contributed by atoms with van der Waals surface area (Å²) >= 11 is 0. The number of rotatable bonds is 6. The SMILES string of the molecule is COC(=O)CCCN(C)c1ccc([N+](=O)[O-])cc1. The first kappa shape index (κ1) is 14.0. The first-order valence-corrected chi connectivity index (χ1v) is 5.57. The summed E-state index contributed by atoms with van der Waals surface area (Å²) in [4.78, 5) is 22.9. The number of ether oxygens (including phenoxy) is 1. The molecule has 98 valence electrons. The fourth-order valence-corrected chi connectivity index (χ4v) is 1.52. The van der Waals surface area contributed by atoms with Gasteiger partial charge in [-0.15, -0.1) is 0 Å². The van der Waals surface area contributed by atoms with Gasteiger partial charge in [-0.3, -0.25) is 14.9 Å². The van der Waals surface area contributed by atoms with E-state index in [-0.39, 0.29) is 11.7 Å². The summed E-state index contributed by atoms with van der Waals surface area (Å²) in [5.74, 6) is -0.230. The second-order valence-corrected chi connectivity index (χ2v) is 3.87. The fourth-order valence-electron chi connectivity index (χ4n) is 1.52. The minimum Gasteiger partial charge on any atom is -0.469 e. The highest BCUT2D eigenvalue weighted by Gasteiger charge is 2.07. The molecule has 0 fully saturated rings. The van der Waals surface area contributed by atoms with Gasteiger partial charge in [0.2, 0.25) is 0 Å². The van der Waals surface area contributed by atoms with E-state index in [1.807, 2.05) is 11.9 Å². The molecular formula is C12H16N2O4. The van der Waals surface area contributed by atoms with Crippen molar-refractivity contribution >= 4 is 17.3 Å². The van der Waals surface area contributed by atoms with Gasteiger partial charge >= 0.3 is 5.97 Å². The van der Waals surface area contributed by atoms with E-state index in [0.29, 0.717) is 19.4 Å². The van der Waals surface area contributed by atoms with Crippen molar-refractivity contribution in [2.75, 3.05) is 25.6 Å². The Morgan fingerprint density at radius 1 is 1.39 bits per heavy atom. The van der Waals surface area contributed by atoms with Gasteiger partial charge in [0.05, 0.1) is 12.0 Å². The van der Waals surface area contributed by atoms with Gasteiger partial charge < -0.3 is 9.64 Å². The van der Waals surface area contributed by atoms with E-state index in [0.717, 1.165) is 5.69 Å². The number of nitrogens with zero attached hydrogens (tertiary/aromatic N) is 2. The van der Waals surface area contributed by atoms with E-state index >= 15 is 0 Å². The van der Waals surface area contributed by atoms with Gasteiger partial charge in [-0.2, -0.15) is 0 Å². The smallest absolute Gasteiger partial charge is 0.305 e. The number of non-ortho nitro benzene ring substituents is 1. The van der Waals surface area contributed by atoms with Crippen LogP contribution in [0.5, 0.6) is 0 Å². The van der Waals surface area contributed by atoms with Crippen molar-refractivity contribution in [3.05, 3.63) is 34.4 Å². The molecule has 0 radical (unpaired) electrons. The van der Waals surface area contributed by atoms with Crippen molar-refractivity contribution in [1.29, 1.82) is 0 Å². The molecule has 1 rings (SSSR count). The van der Waals surface area contributed by atoms with Crippen LogP contribution in [0, 0.1) is 10.1 Å². The number of benzene rings is 1. The molecule has 0 spiro atoms. The van der Waals surface area contributed by atoms with Crippen LogP contribution in [0.3, 0.4) is 0 Å². The molecule has 0 aliphatic heterocycles. The standard InChI is InChI=1S/C12H16N2O4/c1-13(9-3-4-12(15)18-2)10-5-7-11(8-6-10)14(16)17/h5-8H,3-4,9H2,1-2H3. The Kier molecular flexibility index (Phi) is 5.10. The normalized spacial score (nSPS) is 9.89. The molecule has 0 aliphatic carbocycles. The maximum atomic E-state index is 10.9. The predicted molar refractivity (Wildman–Crippen MR) is 67.6 cm³/mol. The van der Waals surface area contributed by atoms with Crippen molar-refractivity contribution in [3.63, 3.8) is 0 Å². The molecule has 6 heteroatoms. The summed E-state index contributed by atoms with van der Waals surface area (Å²) in [7, 11) is 3.24. The van der Waals surface area contributed by atoms with Crippen LogP contribution in [0.1, 0.15) is 12.8 Å². The van der Waals surface area contributed by atoms with Crippen molar-refractivity contribution in [2.24, 2.45) is 0 Å². The molecule has 1 aromatic carbocycles. The monoisotopic (exact) mass is 252 g/mol. The molecule has 0 aromatic heterocycles. The third-order valence-electron chi connectivity index (χ3n) is 2.60. The average Bonchev–Trinajstić information content (AvgIpc) is 2.38. The van der Waals surface area contributed by atoms with Crippen molar-refractivity contribution in [3.8, 4) is 0 Å². The molecule has 0 amide bonds. The van der Waals surface area contributed by atoms with Gasteiger partial charge in [-0.25, -0.2) is 0 Å². The number of anilines is 1. The Morgan fingerprint density at radius 3 is 2.50 bits per heavy atom. The number of carbonyl (C=O) groups is 1. The predicted octanol–water partition coefficient (Wildman–Crippen LogP) is 1.98. The topological polar surface area (TPSA) is 72.7 Å². The Balaban J connectivity index is 2.48. The number of carbonyl (C=O) groups excluding carboxylic acids is 1. The summed E-state index contributed by atoms with van der Waals surface area (Å²) in [5.41, 5.74) is 0.951. The zero-order chi connectivity index (χ0) is 13.5. The van der Waals surface area contributed by atoms with Crippen molar-refractivity contribution < 1.29 is 14.5 Å². The number of nitro groups is 1. The van der Waals surface area contributed by atoms with Gasteiger partial charge in [0.15, 0.2) is 0 Å². The van der Waals surface area contributed by atoms with Gasteiger partial charge in [-0.05, 0) is 18.6 Å². The minimum absolute atomic E-state index is 0.0710. The van der Waals surface area contributed by atoms with E-state index in [1.165, 1.54) is 19.2 Å². The van der Waals surface area contributed by atoms with Crippen LogP contribution in [-0.2, 0) is 9.53 Å². The molecule has 18 heavy (non-hydrogen) atoms. The number of hydrogen-bond donors (Lipinski definition) is 0. The molecule has 0 saturated carbocycles. The van der Waals surface area contributed by atoms with Crippen molar-refractivity contribution in [2.45, 2.75) is 12.8 Å². The van der Waals surface area contributed by atoms with Crippen LogP contribution >= 0.6 is 0 Å². The molecule has 6 nitrogen and oxygen atoms in total. The Bertz CT molecular complexity index is 417. The van der Waals surface area contributed by atoms with Crippen LogP contribution in [-0.4, -0.2) is 31.6 Å². The zero-order valence-electron chi connectivity index (χ0n) is 10.5. The summed E-state index contributed by atoms with van der Waals surface area (Å²) in [6, 6.07) is 6.31. The Labute approximate surface area is 105 Å². The summed E-state index contributed by atoms with van der Waals surface area (Å²) in [6.07, 6.45) is 1.05. The highest BCUT2D eigenvalue weighted by molar-refractivity contribution is 5.69. The first-order valence-electron chi connectivity index (χ1n) is 5.57. The van der Waals surface area contributed by atoms with E-state index in [2.05, 4.69) is 4.74 Å². The molecule has 0 saturated heterocycles. The highest BCUT2D eigenvalue weighted by atomic mass is 16.6. The van der Waals surface area contributed by atoms with Crippen LogP contribution < -0.4 is 4.90 Å². The van der Waals surface area contributed by atoms with E-state index in [4.69, 9.17) is 0 Å². The Morgan fingerprint density at radius 2 is 2.00 bits per heavy atom. The maximum absolute atomic E-state index is 10.9. The van der Waals surface area contributed by atoms with Gasteiger partial charge in [0.25, 0.3) is 5.69 Å². The molecule has 0 bridgehead atoms. The molecule has 0 heterocycles. The number of hydrogen-bond acceptors (Lipinski definition) is 5. The lowest BCUT2D eigenvalue weighted by atomic mass is 10.2. The fraction of sp³-hybridized carbons (Fsp3) is 0.417. The second kappa shape index (κ2) is 6.58. The minimum atomic E-state index is -0.430. The molecule has 0 N–H and O–H groups in total. The maximum Gasteiger partial charge on any atom is 0.305 e. The van der Waals surface area contributed by atoms with Crippen molar-refractivity contribution in [1.82, 2.24) is 0 Å². The summed E-state index contributed by atoms with van der Waals surface area (Å²) in [6.45, 7) is 0.687. The number of methoxy groups -OCH3 is 1. The molecule has 1 aromatic rings. The largest absolute Gasteiger partial charge is 0.469 e. The lowest BCUT2D eigenvalue weighted by Gasteiger charge is -2.18. The molecule has 0 unspecified atom stereocenters. The van der Waals surface area contributed by atoms with E-state index in [1.54, 1.807) is 12.1 Å². The van der Waals surface area contributed by atoms with E-state index < -0.39 is 4.92 Å². The molecule has 0 aliphatic rings. The molecular weight excluding hydrogens is 236 g/mol. The third kappa shape index (κ3) is 4.04. The van der Waals surface area contributed by atoms with E-state index in [9.17, 15) is 14.9 Å². The lowest BCUT2D eigenvalue weighted by molar-refractivity contribution is -0.384. The van der Waals surface area contributed by atoms with Crippen LogP contribution in [0.4, 0.5) is 11.4 Å². The second-order valence-electron chi connectivity index (χ2n) is 3.87. The first-order chi connectivity index (χ1) is 8.54. The Hall–Kier alpha value is -2.11. The van der Waals surface area contributed by atoms with Gasteiger partial charge in [-0.1, -0.05) is 0 Å². The van der Waals surface area contributed by atoms with Crippen LogP contribution in [0.15, 0.2) is 24.3 Å². The van der Waals surface area contributed by atoms with Gasteiger partial charge in [0.1, 0.15) is 0 Å². The highest BCUT2D eigenvalue weighted by Crippen LogP contribution is 2.18. The average molecular weight is 252 g/mol. The van der Waals surface area contributed by atoms with Gasteiger partial charge in [0, 0.05) is 37.8 Å².